The molecule has 0 amide bonds. The van der Waals surface area contributed by atoms with E-state index in [2.05, 4.69) is 29.1 Å². The van der Waals surface area contributed by atoms with Crippen molar-refractivity contribution in [3.05, 3.63) is 0 Å². The minimum absolute atomic E-state index is 0.263. The molecule has 2 saturated carbocycles. The molecule has 1 aliphatic heterocycles. The lowest BCUT2D eigenvalue weighted by atomic mass is 9.87. The maximum absolute atomic E-state index is 12.8. The van der Waals surface area contributed by atoms with Crippen LogP contribution in [0.15, 0.2) is 4.99 Å². The summed E-state index contributed by atoms with van der Waals surface area (Å²) in [6.07, 6.45) is 10.2. The van der Waals surface area contributed by atoms with Crippen molar-refractivity contribution in [3.8, 4) is 0 Å². The summed E-state index contributed by atoms with van der Waals surface area (Å²) in [7, 11) is -0.794. The van der Waals surface area contributed by atoms with Crippen molar-refractivity contribution in [2.75, 3.05) is 45.5 Å². The van der Waals surface area contributed by atoms with Gasteiger partial charge >= 0.3 is 0 Å². The molecule has 0 bridgehead atoms. The van der Waals surface area contributed by atoms with Crippen LogP contribution in [-0.4, -0.2) is 80.5 Å². The first-order valence-corrected chi connectivity index (χ1v) is 12.6. The summed E-state index contributed by atoms with van der Waals surface area (Å²) in [6.45, 7) is 5.81. The summed E-state index contributed by atoms with van der Waals surface area (Å²) in [4.78, 5) is 9.53. The Kier molecular flexibility index (Phi) is 7.06. The van der Waals surface area contributed by atoms with Gasteiger partial charge in [0, 0.05) is 32.2 Å². The van der Waals surface area contributed by atoms with Crippen LogP contribution in [0.1, 0.15) is 64.7 Å². The highest BCUT2D eigenvalue weighted by Crippen LogP contribution is 2.38. The lowest BCUT2D eigenvalue weighted by molar-refractivity contribution is 0.250. The molecule has 0 aromatic carbocycles. The molecule has 0 radical (unpaired) electrons. The third-order valence-electron chi connectivity index (χ3n) is 6.83. The van der Waals surface area contributed by atoms with Gasteiger partial charge in [0.25, 0.3) is 0 Å². The van der Waals surface area contributed by atoms with E-state index in [0.717, 1.165) is 51.3 Å². The molecule has 1 N–H and O–H groups in total. The van der Waals surface area contributed by atoms with Crippen LogP contribution in [0.3, 0.4) is 0 Å². The lowest BCUT2D eigenvalue weighted by Gasteiger charge is -2.45. The molecule has 3 fully saturated rings. The number of nitrogens with one attached hydrogen (secondary N) is 1. The van der Waals surface area contributed by atoms with Crippen LogP contribution in [0.2, 0.25) is 0 Å². The van der Waals surface area contributed by atoms with E-state index in [0.29, 0.717) is 19.1 Å². The van der Waals surface area contributed by atoms with E-state index in [1.54, 1.807) is 0 Å². The summed E-state index contributed by atoms with van der Waals surface area (Å²) < 4.78 is 25.1. The van der Waals surface area contributed by atoms with Crippen molar-refractivity contribution in [2.45, 2.75) is 75.5 Å². The van der Waals surface area contributed by atoms with Crippen LogP contribution in [0.5, 0.6) is 0 Å². The maximum Gasteiger partial charge on any atom is 0.194 e. The highest BCUT2D eigenvalue weighted by atomic mass is 32.2. The van der Waals surface area contributed by atoms with Crippen molar-refractivity contribution in [1.82, 2.24) is 15.1 Å². The van der Waals surface area contributed by atoms with E-state index in [-0.39, 0.29) is 5.75 Å². The van der Waals surface area contributed by atoms with Crippen molar-refractivity contribution in [1.29, 1.82) is 0 Å². The first-order valence-electron chi connectivity index (χ1n) is 10.9. The predicted molar refractivity (Wildman–Crippen MR) is 112 cm³/mol. The normalized spacial score (nSPS) is 26.0. The van der Waals surface area contributed by atoms with Crippen LogP contribution < -0.4 is 5.32 Å². The molecule has 1 spiro atoms. The van der Waals surface area contributed by atoms with Crippen LogP contribution in [0.25, 0.3) is 0 Å². The summed E-state index contributed by atoms with van der Waals surface area (Å²) in [6, 6.07) is 0.716. The van der Waals surface area contributed by atoms with Crippen molar-refractivity contribution in [3.63, 3.8) is 0 Å². The van der Waals surface area contributed by atoms with E-state index in [1.165, 1.54) is 32.1 Å². The van der Waals surface area contributed by atoms with E-state index in [4.69, 9.17) is 4.99 Å². The molecule has 27 heavy (non-hydrogen) atoms. The molecule has 1 saturated heterocycles. The minimum Gasteiger partial charge on any atom is -0.357 e. The minimum atomic E-state index is -3.01. The second kappa shape index (κ2) is 9.12. The number of sulfone groups is 1. The van der Waals surface area contributed by atoms with Gasteiger partial charge in [0.05, 0.1) is 17.0 Å². The highest BCUT2D eigenvalue weighted by Gasteiger charge is 2.48. The zero-order valence-electron chi connectivity index (χ0n) is 17.3. The Hall–Kier alpha value is -0.820. The first-order chi connectivity index (χ1) is 13.0. The van der Waals surface area contributed by atoms with Crippen molar-refractivity contribution >= 4 is 15.8 Å². The van der Waals surface area contributed by atoms with Gasteiger partial charge in [-0.05, 0) is 39.7 Å². The third kappa shape index (κ3) is 4.78. The number of nitrogens with zero attached hydrogens (tertiary/aromatic N) is 3. The Balaban J connectivity index is 1.64. The summed E-state index contributed by atoms with van der Waals surface area (Å²) in [5.74, 6) is 1.16. The number of hydrogen-bond donors (Lipinski definition) is 1. The summed E-state index contributed by atoms with van der Waals surface area (Å²) in [5, 5.41) is 3.41. The molecular formula is C20H38N4O2S. The first kappa shape index (κ1) is 20.9. The molecule has 0 aromatic heterocycles. The molecule has 3 rings (SSSR count). The van der Waals surface area contributed by atoms with Gasteiger partial charge in [-0.15, -0.1) is 0 Å². The quantitative estimate of drug-likeness (QED) is 0.568. The smallest absolute Gasteiger partial charge is 0.194 e. The number of hydrogen-bond acceptors (Lipinski definition) is 4. The van der Waals surface area contributed by atoms with Gasteiger partial charge in [0.1, 0.15) is 0 Å². The van der Waals surface area contributed by atoms with Crippen molar-refractivity contribution < 1.29 is 8.42 Å². The molecule has 3 aliphatic rings. The second-order valence-corrected chi connectivity index (χ2v) is 11.1. The topological polar surface area (TPSA) is 65.0 Å². The molecular weight excluding hydrogens is 360 g/mol. The van der Waals surface area contributed by atoms with Gasteiger partial charge in [-0.25, -0.2) is 8.42 Å². The standard InChI is InChI=1S/C20H38N4O2S/c1-3-21-19(22-13-14-23(2)18-9-5-6-10-18)24-15-16-27(25,26)20(17-24)11-7-4-8-12-20/h18H,3-17H2,1-2H3,(H,21,22). The summed E-state index contributed by atoms with van der Waals surface area (Å²) >= 11 is 0. The van der Waals surface area contributed by atoms with Crippen LogP contribution in [-0.2, 0) is 9.84 Å². The van der Waals surface area contributed by atoms with Gasteiger partial charge in [-0.3, -0.25) is 4.99 Å². The Bertz CT molecular complexity index is 607. The fourth-order valence-electron chi connectivity index (χ4n) is 5.09. The number of likely N-dealkylation sites (N-methyl/N-ethyl adjacent to an activating group) is 1. The molecule has 2 aliphatic carbocycles. The van der Waals surface area contributed by atoms with Crippen LogP contribution in [0.4, 0.5) is 0 Å². The molecule has 6 nitrogen and oxygen atoms in total. The Labute approximate surface area is 165 Å². The number of rotatable bonds is 5. The zero-order valence-corrected chi connectivity index (χ0v) is 18.1. The van der Waals surface area contributed by atoms with Crippen molar-refractivity contribution in [2.24, 2.45) is 4.99 Å². The average molecular weight is 399 g/mol. The molecule has 156 valence electrons. The van der Waals surface area contributed by atoms with Gasteiger partial charge in [0.15, 0.2) is 15.8 Å². The predicted octanol–water partition coefficient (Wildman–Crippen LogP) is 2.26. The second-order valence-electron chi connectivity index (χ2n) is 8.64. The van der Waals surface area contributed by atoms with Gasteiger partial charge in [-0.1, -0.05) is 32.1 Å². The average Bonchev–Trinajstić information content (AvgIpc) is 3.19. The maximum atomic E-state index is 12.8. The Morgan fingerprint density at radius 2 is 1.89 bits per heavy atom. The van der Waals surface area contributed by atoms with Crippen LogP contribution in [0, 0.1) is 0 Å². The molecule has 0 atom stereocenters. The third-order valence-corrected chi connectivity index (χ3v) is 9.41. The Morgan fingerprint density at radius 1 is 1.19 bits per heavy atom. The molecule has 0 unspecified atom stereocenters. The molecule has 7 heteroatoms. The number of guanidine groups is 1. The molecule has 1 heterocycles. The number of aliphatic imine (C=N–C) groups is 1. The zero-order chi connectivity index (χ0) is 19.3. The lowest BCUT2D eigenvalue weighted by Crippen LogP contribution is -2.60. The monoisotopic (exact) mass is 398 g/mol. The largest absolute Gasteiger partial charge is 0.357 e. The summed E-state index contributed by atoms with van der Waals surface area (Å²) in [5.41, 5.74) is 0. The Morgan fingerprint density at radius 3 is 2.56 bits per heavy atom. The fraction of sp³-hybridized carbons (Fsp3) is 0.950. The van der Waals surface area contributed by atoms with Gasteiger partial charge in [-0.2, -0.15) is 0 Å². The van der Waals surface area contributed by atoms with E-state index in [1.807, 2.05) is 0 Å². The molecule has 0 aromatic rings. The van der Waals surface area contributed by atoms with Crippen LogP contribution >= 0.6 is 0 Å². The SMILES string of the molecule is CCNC(=NCCN(C)C1CCCC1)N1CCS(=O)(=O)C2(CCCCC2)C1. The van der Waals surface area contributed by atoms with E-state index < -0.39 is 14.6 Å². The van der Waals surface area contributed by atoms with Gasteiger partial charge < -0.3 is 15.1 Å². The van der Waals surface area contributed by atoms with Gasteiger partial charge in [0.2, 0.25) is 0 Å². The van der Waals surface area contributed by atoms with E-state index in [9.17, 15) is 8.42 Å². The van der Waals surface area contributed by atoms with E-state index >= 15 is 0 Å². The highest BCUT2D eigenvalue weighted by molar-refractivity contribution is 7.92. The fourth-order valence-corrected chi connectivity index (χ4v) is 7.24.